The van der Waals surface area contributed by atoms with Gasteiger partial charge in [0.1, 0.15) is 6.61 Å². The number of thioether (sulfide) groups is 1. The first-order valence-electron chi connectivity index (χ1n) is 6.71. The number of hydrogen-bond acceptors (Lipinski definition) is 5. The molecule has 0 heterocycles. The van der Waals surface area contributed by atoms with E-state index in [9.17, 15) is 9.59 Å². The van der Waals surface area contributed by atoms with Gasteiger partial charge in [-0.3, -0.25) is 0 Å². The van der Waals surface area contributed by atoms with Gasteiger partial charge in [-0.25, -0.2) is 9.59 Å². The third kappa shape index (κ3) is 6.15. The average molecular weight is 307 g/mol. The van der Waals surface area contributed by atoms with E-state index in [2.05, 4.69) is 4.99 Å². The van der Waals surface area contributed by atoms with Crippen LogP contribution in [0.25, 0.3) is 0 Å². The van der Waals surface area contributed by atoms with E-state index >= 15 is 0 Å². The summed E-state index contributed by atoms with van der Waals surface area (Å²) in [6, 6.07) is 9.39. The van der Waals surface area contributed by atoms with E-state index in [0.29, 0.717) is 5.75 Å². The van der Waals surface area contributed by atoms with E-state index in [4.69, 9.17) is 4.74 Å². The van der Waals surface area contributed by atoms with Crippen LogP contribution in [0.3, 0.4) is 0 Å². The number of esters is 1. The maximum Gasteiger partial charge on any atom is 0.335 e. The molecule has 0 aromatic heterocycles. The lowest BCUT2D eigenvalue weighted by molar-refractivity contribution is -0.149. The van der Waals surface area contributed by atoms with Crippen molar-refractivity contribution in [1.29, 1.82) is 0 Å². The van der Waals surface area contributed by atoms with E-state index in [1.165, 1.54) is 6.08 Å². The molecule has 1 rings (SSSR count). The standard InChI is InChI=1S/C16H21NO3S/c1-15(2,3)21-11-16(4,17-12-18)14(19)20-10-13-8-6-5-7-9-13/h5-9H,10-11H2,1-4H3/t16-/m1/s1. The molecular weight excluding hydrogens is 286 g/mol. The summed E-state index contributed by atoms with van der Waals surface area (Å²) in [5, 5.41) is 0. The summed E-state index contributed by atoms with van der Waals surface area (Å²) in [5.74, 6) is -0.134. The molecule has 0 aliphatic rings. The predicted octanol–water partition coefficient (Wildman–Crippen LogP) is 3.36. The van der Waals surface area contributed by atoms with Gasteiger partial charge >= 0.3 is 5.97 Å². The summed E-state index contributed by atoms with van der Waals surface area (Å²) in [4.78, 5) is 26.5. The van der Waals surface area contributed by atoms with Gasteiger partial charge in [-0.2, -0.15) is 16.8 Å². The predicted molar refractivity (Wildman–Crippen MR) is 85.0 cm³/mol. The second-order valence-corrected chi connectivity index (χ2v) is 7.74. The molecule has 21 heavy (non-hydrogen) atoms. The molecule has 0 N–H and O–H groups in total. The molecule has 0 amide bonds. The fourth-order valence-corrected chi connectivity index (χ4v) is 2.37. The Morgan fingerprint density at radius 1 is 1.24 bits per heavy atom. The molecule has 114 valence electrons. The fraction of sp³-hybridized carbons (Fsp3) is 0.500. The van der Waals surface area contributed by atoms with Gasteiger partial charge in [0.05, 0.1) is 0 Å². The average Bonchev–Trinajstić information content (AvgIpc) is 2.43. The number of aliphatic imine (C=N–C) groups is 1. The largest absolute Gasteiger partial charge is 0.459 e. The lowest BCUT2D eigenvalue weighted by Gasteiger charge is -2.25. The van der Waals surface area contributed by atoms with Crippen molar-refractivity contribution in [2.24, 2.45) is 4.99 Å². The minimum Gasteiger partial charge on any atom is -0.459 e. The highest BCUT2D eigenvalue weighted by Crippen LogP contribution is 2.29. The number of nitrogens with zero attached hydrogens (tertiary/aromatic N) is 1. The lowest BCUT2D eigenvalue weighted by Crippen LogP contribution is -2.38. The Kier molecular flexibility index (Phi) is 6.19. The van der Waals surface area contributed by atoms with Crippen molar-refractivity contribution in [3.05, 3.63) is 35.9 Å². The molecule has 0 aliphatic heterocycles. The quantitative estimate of drug-likeness (QED) is 0.459. The highest BCUT2D eigenvalue weighted by Gasteiger charge is 2.36. The van der Waals surface area contributed by atoms with Gasteiger partial charge in [-0.1, -0.05) is 51.1 Å². The molecule has 0 unspecified atom stereocenters. The molecule has 0 radical (unpaired) electrons. The molecule has 0 saturated carbocycles. The van der Waals surface area contributed by atoms with Crippen LogP contribution in [-0.4, -0.2) is 28.1 Å². The van der Waals surface area contributed by atoms with Crippen molar-refractivity contribution in [2.45, 2.75) is 44.6 Å². The Balaban J connectivity index is 2.70. The first-order valence-corrected chi connectivity index (χ1v) is 7.69. The Bertz CT molecular complexity index is 518. The van der Waals surface area contributed by atoms with Crippen LogP contribution in [0.4, 0.5) is 0 Å². The summed E-state index contributed by atoms with van der Waals surface area (Å²) in [5.41, 5.74) is -0.305. The zero-order valence-electron chi connectivity index (χ0n) is 12.9. The summed E-state index contributed by atoms with van der Waals surface area (Å²) in [6.45, 7) is 7.89. The molecule has 1 atom stereocenters. The van der Waals surface area contributed by atoms with E-state index in [1.807, 2.05) is 51.1 Å². The molecule has 4 nitrogen and oxygen atoms in total. The Hall–Kier alpha value is -1.58. The number of benzene rings is 1. The summed E-state index contributed by atoms with van der Waals surface area (Å²) in [6.07, 6.45) is 1.48. The first-order chi connectivity index (χ1) is 9.77. The Morgan fingerprint density at radius 2 is 1.86 bits per heavy atom. The van der Waals surface area contributed by atoms with Gasteiger partial charge < -0.3 is 4.74 Å². The number of hydrogen-bond donors (Lipinski definition) is 0. The van der Waals surface area contributed by atoms with Crippen LogP contribution in [0.15, 0.2) is 35.3 Å². The van der Waals surface area contributed by atoms with Crippen LogP contribution < -0.4 is 0 Å². The van der Waals surface area contributed by atoms with Crippen LogP contribution in [0.2, 0.25) is 0 Å². The highest BCUT2D eigenvalue weighted by molar-refractivity contribution is 8.00. The first kappa shape index (κ1) is 17.5. The van der Waals surface area contributed by atoms with E-state index in [-0.39, 0.29) is 11.4 Å². The van der Waals surface area contributed by atoms with Crippen molar-refractivity contribution in [3.63, 3.8) is 0 Å². The third-order valence-electron chi connectivity index (χ3n) is 2.73. The van der Waals surface area contributed by atoms with Gasteiger partial charge in [0.15, 0.2) is 5.54 Å². The highest BCUT2D eigenvalue weighted by atomic mass is 32.2. The van der Waals surface area contributed by atoms with Crippen LogP contribution in [0.1, 0.15) is 33.3 Å². The maximum absolute atomic E-state index is 12.2. The second kappa shape index (κ2) is 7.43. The van der Waals surface area contributed by atoms with Crippen LogP contribution >= 0.6 is 11.8 Å². The minimum absolute atomic E-state index is 0.0284. The van der Waals surface area contributed by atoms with Crippen LogP contribution in [-0.2, 0) is 20.9 Å². The Labute approximate surface area is 130 Å². The number of carbonyl (C=O) groups excluding carboxylic acids is 2. The monoisotopic (exact) mass is 307 g/mol. The molecule has 1 aromatic carbocycles. The van der Waals surface area contributed by atoms with Crippen molar-refractivity contribution in [3.8, 4) is 0 Å². The molecule has 0 saturated heterocycles. The van der Waals surface area contributed by atoms with E-state index in [0.717, 1.165) is 5.56 Å². The fourth-order valence-electron chi connectivity index (χ4n) is 1.47. The second-order valence-electron chi connectivity index (χ2n) is 5.94. The topological polar surface area (TPSA) is 55.7 Å². The molecule has 5 heteroatoms. The zero-order chi connectivity index (χ0) is 15.9. The number of carbonyl (C=O) groups is 1. The van der Waals surface area contributed by atoms with Gasteiger partial charge in [-0.15, -0.1) is 0 Å². The number of rotatable bonds is 6. The van der Waals surface area contributed by atoms with Gasteiger partial charge in [0, 0.05) is 10.5 Å². The smallest absolute Gasteiger partial charge is 0.335 e. The third-order valence-corrected chi connectivity index (χ3v) is 4.30. The number of isocyanates is 1. The maximum atomic E-state index is 12.2. The molecule has 0 fully saturated rings. The van der Waals surface area contributed by atoms with Gasteiger partial charge in [-0.05, 0) is 12.5 Å². The van der Waals surface area contributed by atoms with E-state index < -0.39 is 11.5 Å². The summed E-state index contributed by atoms with van der Waals surface area (Å²) in [7, 11) is 0. The van der Waals surface area contributed by atoms with Crippen LogP contribution in [0, 0.1) is 0 Å². The van der Waals surface area contributed by atoms with Crippen molar-refractivity contribution >= 4 is 23.8 Å². The summed E-state index contributed by atoms with van der Waals surface area (Å²) >= 11 is 1.56. The number of ether oxygens (including phenoxy) is 1. The zero-order valence-corrected chi connectivity index (χ0v) is 13.7. The molecular formula is C16H21NO3S. The van der Waals surface area contributed by atoms with Crippen molar-refractivity contribution < 1.29 is 14.3 Å². The van der Waals surface area contributed by atoms with Gasteiger partial charge in [0.25, 0.3) is 0 Å². The summed E-state index contributed by atoms with van der Waals surface area (Å²) < 4.78 is 5.26. The minimum atomic E-state index is -1.20. The molecule has 0 bridgehead atoms. The molecule has 0 aliphatic carbocycles. The van der Waals surface area contributed by atoms with E-state index in [1.54, 1.807) is 18.7 Å². The van der Waals surface area contributed by atoms with Gasteiger partial charge in [0.2, 0.25) is 6.08 Å². The SMILES string of the molecule is CC(C)(C)SC[C@@](C)(N=C=O)C(=O)OCc1ccccc1. The van der Waals surface area contributed by atoms with Crippen LogP contribution in [0.5, 0.6) is 0 Å². The lowest BCUT2D eigenvalue weighted by atomic mass is 10.1. The molecule has 0 spiro atoms. The Morgan fingerprint density at radius 3 is 2.38 bits per heavy atom. The van der Waals surface area contributed by atoms with Crippen molar-refractivity contribution in [2.75, 3.05) is 5.75 Å². The molecule has 1 aromatic rings. The van der Waals surface area contributed by atoms with Crippen molar-refractivity contribution in [1.82, 2.24) is 0 Å². The normalized spacial score (nSPS) is 13.9.